The van der Waals surface area contributed by atoms with E-state index in [9.17, 15) is 9.59 Å². The lowest BCUT2D eigenvalue weighted by atomic mass is 9.97. The summed E-state index contributed by atoms with van der Waals surface area (Å²) >= 11 is 1.10. The van der Waals surface area contributed by atoms with Crippen LogP contribution in [0.1, 0.15) is 37.7 Å². The Kier molecular flexibility index (Phi) is 7.25. The van der Waals surface area contributed by atoms with Crippen LogP contribution < -0.4 is 10.6 Å². The standard InChI is InChI=1S/C20H24N4O3S/c1-14-6-5-9-16(12-14)18-23-24-20(27-18)28-13-17(25)22-19(26)21-11-10-15-7-3-2-4-8-15/h5-7,9,12H,2-4,8,10-11,13H2,1H3,(H2,21,22,25,26). The van der Waals surface area contributed by atoms with Gasteiger partial charge < -0.3 is 9.73 Å². The van der Waals surface area contributed by atoms with E-state index in [1.807, 2.05) is 31.2 Å². The normalized spacial score (nSPS) is 13.7. The second-order valence-corrected chi connectivity index (χ2v) is 7.62. The molecule has 3 rings (SSSR count). The SMILES string of the molecule is Cc1cccc(-c2nnc(SCC(=O)NC(=O)NCCC3=CCCCC3)o2)c1. The Bertz CT molecular complexity index is 863. The van der Waals surface area contributed by atoms with Crippen LogP contribution >= 0.6 is 11.8 Å². The third kappa shape index (κ3) is 6.23. The van der Waals surface area contributed by atoms with E-state index in [1.165, 1.54) is 18.4 Å². The second-order valence-electron chi connectivity index (χ2n) is 6.69. The van der Waals surface area contributed by atoms with E-state index in [4.69, 9.17) is 4.42 Å². The zero-order valence-corrected chi connectivity index (χ0v) is 16.7. The van der Waals surface area contributed by atoms with Gasteiger partial charge in [0.25, 0.3) is 5.22 Å². The Balaban J connectivity index is 1.38. The maximum absolute atomic E-state index is 11.9. The number of imide groups is 1. The third-order valence-corrected chi connectivity index (χ3v) is 5.19. The average molecular weight is 401 g/mol. The molecule has 2 N–H and O–H groups in total. The Labute approximate surface area is 168 Å². The number of amides is 3. The molecule has 28 heavy (non-hydrogen) atoms. The molecule has 148 valence electrons. The summed E-state index contributed by atoms with van der Waals surface area (Å²) in [5, 5.41) is 13.3. The fourth-order valence-electron chi connectivity index (χ4n) is 2.97. The molecule has 0 atom stereocenters. The van der Waals surface area contributed by atoms with Crippen molar-refractivity contribution in [1.82, 2.24) is 20.8 Å². The van der Waals surface area contributed by atoms with E-state index in [2.05, 4.69) is 26.9 Å². The van der Waals surface area contributed by atoms with Crippen LogP contribution in [-0.2, 0) is 4.79 Å². The molecule has 1 aliphatic rings. The van der Waals surface area contributed by atoms with E-state index < -0.39 is 11.9 Å². The summed E-state index contributed by atoms with van der Waals surface area (Å²) in [6.07, 6.45) is 7.78. The molecule has 0 saturated carbocycles. The van der Waals surface area contributed by atoms with Gasteiger partial charge in [-0.15, -0.1) is 10.2 Å². The van der Waals surface area contributed by atoms with Gasteiger partial charge in [-0.05, 0) is 51.2 Å². The monoisotopic (exact) mass is 400 g/mol. The van der Waals surface area contributed by atoms with Gasteiger partial charge in [0.05, 0.1) is 5.75 Å². The minimum absolute atomic E-state index is 0.0218. The number of aromatic nitrogens is 2. The molecule has 0 bridgehead atoms. The number of rotatable bonds is 7. The van der Waals surface area contributed by atoms with Crippen LogP contribution in [0.15, 0.2) is 45.6 Å². The van der Waals surface area contributed by atoms with Crippen LogP contribution in [0, 0.1) is 6.92 Å². The third-order valence-electron chi connectivity index (χ3n) is 4.37. The molecule has 1 aromatic carbocycles. The number of thioether (sulfide) groups is 1. The van der Waals surface area contributed by atoms with Crippen LogP contribution in [-0.4, -0.2) is 34.4 Å². The van der Waals surface area contributed by atoms with E-state index in [0.717, 1.165) is 42.2 Å². The number of aryl methyl sites for hydroxylation is 1. The van der Waals surface area contributed by atoms with Crippen LogP contribution in [0.4, 0.5) is 4.79 Å². The largest absolute Gasteiger partial charge is 0.411 e. The van der Waals surface area contributed by atoms with Gasteiger partial charge in [-0.3, -0.25) is 10.1 Å². The molecule has 0 radical (unpaired) electrons. The quantitative estimate of drug-likeness (QED) is 0.541. The summed E-state index contributed by atoms with van der Waals surface area (Å²) < 4.78 is 5.57. The fourth-order valence-corrected chi connectivity index (χ4v) is 3.53. The molecule has 1 aliphatic carbocycles. The number of hydrogen-bond acceptors (Lipinski definition) is 6. The summed E-state index contributed by atoms with van der Waals surface area (Å²) in [6, 6.07) is 7.25. The first-order valence-electron chi connectivity index (χ1n) is 9.39. The molecule has 7 nitrogen and oxygen atoms in total. The zero-order chi connectivity index (χ0) is 19.8. The first-order chi connectivity index (χ1) is 13.6. The van der Waals surface area contributed by atoms with Crippen molar-refractivity contribution < 1.29 is 14.0 Å². The molecule has 2 aromatic rings. The molecule has 3 amide bonds. The highest BCUT2D eigenvalue weighted by atomic mass is 32.2. The molecule has 0 unspecified atom stereocenters. The number of carbonyl (C=O) groups is 2. The number of benzene rings is 1. The van der Waals surface area contributed by atoms with Gasteiger partial charge >= 0.3 is 6.03 Å². The van der Waals surface area contributed by atoms with Crippen molar-refractivity contribution >= 4 is 23.7 Å². The molecule has 1 aromatic heterocycles. The van der Waals surface area contributed by atoms with Gasteiger partial charge in [0.15, 0.2) is 0 Å². The molecular formula is C20H24N4O3S. The van der Waals surface area contributed by atoms with Gasteiger partial charge in [-0.25, -0.2) is 4.79 Å². The highest BCUT2D eigenvalue weighted by molar-refractivity contribution is 7.99. The van der Waals surface area contributed by atoms with Crippen LogP contribution in [0.2, 0.25) is 0 Å². The van der Waals surface area contributed by atoms with Crippen molar-refractivity contribution in [3.63, 3.8) is 0 Å². The highest BCUT2D eigenvalue weighted by Crippen LogP contribution is 2.23. The lowest BCUT2D eigenvalue weighted by molar-refractivity contribution is -0.117. The number of nitrogens with one attached hydrogen (secondary N) is 2. The molecule has 0 spiro atoms. The van der Waals surface area contributed by atoms with Gasteiger partial charge in [-0.1, -0.05) is 41.1 Å². The summed E-state index contributed by atoms with van der Waals surface area (Å²) in [4.78, 5) is 23.7. The van der Waals surface area contributed by atoms with Crippen molar-refractivity contribution in [2.24, 2.45) is 0 Å². The predicted octanol–water partition coefficient (Wildman–Crippen LogP) is 3.85. The number of urea groups is 1. The van der Waals surface area contributed by atoms with E-state index >= 15 is 0 Å². The van der Waals surface area contributed by atoms with Crippen molar-refractivity contribution in [3.8, 4) is 11.5 Å². The molecule has 0 aliphatic heterocycles. The molecule has 8 heteroatoms. The lowest BCUT2D eigenvalue weighted by Crippen LogP contribution is -2.40. The first-order valence-corrected chi connectivity index (χ1v) is 10.4. The summed E-state index contributed by atoms with van der Waals surface area (Å²) in [6.45, 7) is 2.51. The molecule has 0 fully saturated rings. The van der Waals surface area contributed by atoms with Crippen molar-refractivity contribution in [2.45, 2.75) is 44.3 Å². The van der Waals surface area contributed by atoms with Crippen molar-refractivity contribution in [1.29, 1.82) is 0 Å². The maximum Gasteiger partial charge on any atom is 0.321 e. The predicted molar refractivity (Wildman–Crippen MR) is 108 cm³/mol. The Morgan fingerprint density at radius 2 is 2.14 bits per heavy atom. The summed E-state index contributed by atoms with van der Waals surface area (Å²) in [5.41, 5.74) is 3.31. The Morgan fingerprint density at radius 3 is 2.93 bits per heavy atom. The number of allylic oxidation sites excluding steroid dienone is 1. The van der Waals surface area contributed by atoms with Crippen molar-refractivity contribution in [3.05, 3.63) is 41.5 Å². The van der Waals surface area contributed by atoms with E-state index in [0.29, 0.717) is 12.4 Å². The topological polar surface area (TPSA) is 97.1 Å². The van der Waals surface area contributed by atoms with Crippen LogP contribution in [0.3, 0.4) is 0 Å². The van der Waals surface area contributed by atoms with E-state index in [-0.39, 0.29) is 11.0 Å². The Morgan fingerprint density at radius 1 is 1.25 bits per heavy atom. The van der Waals surface area contributed by atoms with E-state index in [1.54, 1.807) is 0 Å². The zero-order valence-electron chi connectivity index (χ0n) is 15.9. The first kappa shape index (κ1) is 20.1. The van der Waals surface area contributed by atoms with Crippen molar-refractivity contribution in [2.75, 3.05) is 12.3 Å². The number of carbonyl (C=O) groups excluding carboxylic acids is 2. The van der Waals surface area contributed by atoms with Crippen LogP contribution in [0.25, 0.3) is 11.5 Å². The minimum atomic E-state index is -0.479. The number of hydrogen-bond donors (Lipinski definition) is 2. The van der Waals surface area contributed by atoms with Gasteiger partial charge in [-0.2, -0.15) is 0 Å². The smallest absolute Gasteiger partial charge is 0.321 e. The number of nitrogens with zero attached hydrogens (tertiary/aromatic N) is 2. The molecular weight excluding hydrogens is 376 g/mol. The average Bonchev–Trinajstić information content (AvgIpc) is 3.16. The Hall–Kier alpha value is -2.61. The summed E-state index contributed by atoms with van der Waals surface area (Å²) in [7, 11) is 0. The maximum atomic E-state index is 11.9. The van der Waals surface area contributed by atoms with Crippen LogP contribution in [0.5, 0.6) is 0 Å². The summed E-state index contributed by atoms with van der Waals surface area (Å²) in [5.74, 6) is 0.0182. The second kappa shape index (κ2) is 10.1. The van der Waals surface area contributed by atoms with Gasteiger partial charge in [0, 0.05) is 12.1 Å². The molecule has 1 heterocycles. The molecule has 0 saturated heterocycles. The van der Waals surface area contributed by atoms with Gasteiger partial charge in [0.1, 0.15) is 0 Å². The van der Waals surface area contributed by atoms with Gasteiger partial charge in [0.2, 0.25) is 11.8 Å². The lowest BCUT2D eigenvalue weighted by Gasteiger charge is -2.13. The minimum Gasteiger partial charge on any atom is -0.411 e. The highest BCUT2D eigenvalue weighted by Gasteiger charge is 2.13. The fraction of sp³-hybridized carbons (Fsp3) is 0.400.